The number of Topliss-reactive ketones (excluding diaryl/α,β-unsaturated/α-hetero) is 1. The van der Waals surface area contributed by atoms with E-state index in [1.807, 2.05) is 26.2 Å². The van der Waals surface area contributed by atoms with Gasteiger partial charge in [-0.3, -0.25) is 9.59 Å². The highest BCUT2D eigenvalue weighted by Crippen LogP contribution is 2.25. The first kappa shape index (κ1) is 21.4. The van der Waals surface area contributed by atoms with Gasteiger partial charge in [-0.25, -0.2) is 4.79 Å². The van der Waals surface area contributed by atoms with Gasteiger partial charge < -0.3 is 19.6 Å². The van der Waals surface area contributed by atoms with Crippen LogP contribution in [0.1, 0.15) is 55.1 Å². The Morgan fingerprint density at radius 3 is 2.58 bits per heavy atom. The van der Waals surface area contributed by atoms with Gasteiger partial charge in [0.15, 0.2) is 5.78 Å². The summed E-state index contributed by atoms with van der Waals surface area (Å²) in [6.45, 7) is 3.91. The van der Waals surface area contributed by atoms with Crippen molar-refractivity contribution in [1.82, 2.24) is 5.32 Å². The van der Waals surface area contributed by atoms with Crippen molar-refractivity contribution in [3.05, 3.63) is 40.1 Å². The fraction of sp³-hybridized carbons (Fsp3) is 0.471. The summed E-state index contributed by atoms with van der Waals surface area (Å²) in [5.74, 6) is -0.313. The van der Waals surface area contributed by atoms with Crippen molar-refractivity contribution in [2.75, 3.05) is 14.2 Å². The van der Waals surface area contributed by atoms with Crippen LogP contribution in [-0.2, 0) is 9.53 Å². The number of allylic oxidation sites excluding steroid dienone is 1. The van der Waals surface area contributed by atoms with Crippen LogP contribution in [0.15, 0.2) is 27.6 Å². The third-order valence-corrected chi connectivity index (χ3v) is 3.18. The molecule has 0 spiro atoms. The fourth-order valence-corrected chi connectivity index (χ4v) is 1.86. The summed E-state index contributed by atoms with van der Waals surface area (Å²) in [7, 11) is 3.13. The molecule has 0 bridgehead atoms. The average Bonchev–Trinajstić information content (AvgIpc) is 2.57. The van der Waals surface area contributed by atoms with Crippen molar-refractivity contribution in [3.8, 4) is 5.75 Å². The van der Waals surface area contributed by atoms with E-state index in [0.29, 0.717) is 12.2 Å². The summed E-state index contributed by atoms with van der Waals surface area (Å²) in [6, 6.07) is 1.37. The molecule has 0 aromatic carbocycles. The Kier molecular flexibility index (Phi) is 10.6. The number of methoxy groups -OCH3 is 1. The van der Waals surface area contributed by atoms with Gasteiger partial charge in [-0.05, 0) is 19.0 Å². The van der Waals surface area contributed by atoms with E-state index < -0.39 is 11.4 Å². The molecular weight excluding hydrogens is 314 g/mol. The first-order valence-electron chi connectivity index (χ1n) is 7.61. The van der Waals surface area contributed by atoms with Crippen molar-refractivity contribution >= 4 is 12.3 Å². The van der Waals surface area contributed by atoms with Crippen LogP contribution in [0, 0.1) is 0 Å². The van der Waals surface area contributed by atoms with Gasteiger partial charge in [-0.1, -0.05) is 19.9 Å². The van der Waals surface area contributed by atoms with E-state index in [-0.39, 0.29) is 23.7 Å². The number of aromatic hydroxyl groups is 1. The highest BCUT2D eigenvalue weighted by molar-refractivity contribution is 5.97. The topological polar surface area (TPSA) is 106 Å². The lowest BCUT2D eigenvalue weighted by Gasteiger charge is -2.10. The highest BCUT2D eigenvalue weighted by atomic mass is 16.5. The SMILES string of the molecule is CCC(=O)c1c(O)cc(C(C)CC/C=C/NC)oc1=O.COC=O. The van der Waals surface area contributed by atoms with Crippen LogP contribution in [0.2, 0.25) is 0 Å². The number of carbonyl (C=O) groups is 2. The van der Waals surface area contributed by atoms with Crippen molar-refractivity contribution in [2.45, 2.75) is 39.0 Å². The van der Waals surface area contributed by atoms with Crippen LogP contribution in [0.4, 0.5) is 0 Å². The molecule has 2 N–H and O–H groups in total. The Labute approximate surface area is 141 Å². The zero-order valence-electron chi connectivity index (χ0n) is 14.5. The second-order valence-corrected chi connectivity index (χ2v) is 4.97. The minimum absolute atomic E-state index is 0.0131. The Bertz CT molecular complexity index is 606. The minimum Gasteiger partial charge on any atom is -0.507 e. The third-order valence-electron chi connectivity index (χ3n) is 3.18. The lowest BCUT2D eigenvalue weighted by Crippen LogP contribution is -2.15. The molecule has 0 saturated carbocycles. The number of rotatable bonds is 8. The van der Waals surface area contributed by atoms with Crippen LogP contribution in [0.3, 0.4) is 0 Å². The molecule has 1 atom stereocenters. The average molecular weight is 339 g/mol. The number of nitrogens with one attached hydrogen (secondary N) is 1. The summed E-state index contributed by atoms with van der Waals surface area (Å²) in [6.07, 6.45) is 5.57. The van der Waals surface area contributed by atoms with Gasteiger partial charge in [0, 0.05) is 25.5 Å². The molecule has 0 aliphatic rings. The van der Waals surface area contributed by atoms with Crippen LogP contribution < -0.4 is 10.9 Å². The van der Waals surface area contributed by atoms with E-state index >= 15 is 0 Å². The molecule has 1 unspecified atom stereocenters. The van der Waals surface area contributed by atoms with Gasteiger partial charge in [0.1, 0.15) is 17.1 Å². The van der Waals surface area contributed by atoms with Gasteiger partial charge in [0.25, 0.3) is 6.47 Å². The first-order chi connectivity index (χ1) is 11.4. The molecule has 7 nitrogen and oxygen atoms in total. The maximum atomic E-state index is 11.8. The summed E-state index contributed by atoms with van der Waals surface area (Å²) in [5, 5.41) is 12.7. The van der Waals surface area contributed by atoms with Crippen molar-refractivity contribution in [2.24, 2.45) is 0 Å². The van der Waals surface area contributed by atoms with Crippen LogP contribution in [0.5, 0.6) is 5.75 Å². The molecule has 1 aromatic rings. The monoisotopic (exact) mass is 339 g/mol. The molecule has 1 rings (SSSR count). The number of ketones is 1. The predicted molar refractivity (Wildman–Crippen MR) is 90.2 cm³/mol. The minimum atomic E-state index is -0.760. The van der Waals surface area contributed by atoms with E-state index in [9.17, 15) is 14.7 Å². The second-order valence-electron chi connectivity index (χ2n) is 4.97. The summed E-state index contributed by atoms with van der Waals surface area (Å²) in [5.41, 5.74) is -1.01. The third kappa shape index (κ3) is 7.13. The zero-order valence-corrected chi connectivity index (χ0v) is 14.5. The van der Waals surface area contributed by atoms with E-state index in [1.54, 1.807) is 6.92 Å². The Morgan fingerprint density at radius 1 is 1.50 bits per heavy atom. The summed E-state index contributed by atoms with van der Waals surface area (Å²) < 4.78 is 9.02. The first-order valence-corrected chi connectivity index (χ1v) is 7.61. The lowest BCUT2D eigenvalue weighted by atomic mass is 10.0. The van der Waals surface area contributed by atoms with Gasteiger partial charge in [0.2, 0.25) is 0 Å². The van der Waals surface area contributed by atoms with Crippen molar-refractivity contribution in [3.63, 3.8) is 0 Å². The molecule has 1 heterocycles. The number of hydrogen-bond acceptors (Lipinski definition) is 7. The molecule has 0 aliphatic carbocycles. The van der Waals surface area contributed by atoms with Crippen LogP contribution in [-0.4, -0.2) is 31.5 Å². The molecule has 24 heavy (non-hydrogen) atoms. The van der Waals surface area contributed by atoms with E-state index in [0.717, 1.165) is 12.8 Å². The van der Waals surface area contributed by atoms with Crippen molar-refractivity contribution in [1.29, 1.82) is 0 Å². The molecule has 0 fully saturated rings. The second kappa shape index (κ2) is 11.9. The Hall–Kier alpha value is -2.57. The molecule has 7 heteroatoms. The standard InChI is InChI=1S/C15H21NO4.C2H4O2/c1-4-11(17)14-12(18)9-13(20-15(14)19)10(2)7-5-6-8-16-3;1-4-2-3/h6,8-10,16,18H,4-5,7H2,1-3H3;2H,1H3/b8-6+;. The smallest absolute Gasteiger partial charge is 0.350 e. The molecule has 0 amide bonds. The molecular formula is C17H25NO6. The number of hydrogen-bond donors (Lipinski definition) is 2. The van der Waals surface area contributed by atoms with Gasteiger partial charge in [-0.15, -0.1) is 0 Å². The van der Waals surface area contributed by atoms with E-state index in [1.165, 1.54) is 13.2 Å². The van der Waals surface area contributed by atoms with Gasteiger partial charge in [-0.2, -0.15) is 0 Å². The number of carbonyl (C=O) groups excluding carboxylic acids is 2. The van der Waals surface area contributed by atoms with Crippen LogP contribution in [0.25, 0.3) is 0 Å². The van der Waals surface area contributed by atoms with Crippen molar-refractivity contribution < 1.29 is 23.8 Å². The quantitative estimate of drug-likeness (QED) is 0.553. The molecule has 1 aromatic heterocycles. The lowest BCUT2D eigenvalue weighted by molar-refractivity contribution is -0.126. The fourth-order valence-electron chi connectivity index (χ4n) is 1.86. The molecule has 0 aliphatic heterocycles. The van der Waals surface area contributed by atoms with Crippen LogP contribution >= 0.6 is 0 Å². The predicted octanol–water partition coefficient (Wildman–Crippen LogP) is 2.34. The largest absolute Gasteiger partial charge is 0.507 e. The highest BCUT2D eigenvalue weighted by Gasteiger charge is 2.19. The molecule has 134 valence electrons. The molecule has 0 saturated heterocycles. The van der Waals surface area contributed by atoms with Gasteiger partial charge in [0.05, 0.1) is 7.11 Å². The maximum absolute atomic E-state index is 11.8. The Balaban J connectivity index is 0.00000118. The summed E-state index contributed by atoms with van der Waals surface area (Å²) in [4.78, 5) is 32.3. The zero-order chi connectivity index (χ0) is 18.5. The number of ether oxygens (including phenoxy) is 1. The van der Waals surface area contributed by atoms with Gasteiger partial charge >= 0.3 is 5.63 Å². The molecule has 0 radical (unpaired) electrons. The van der Waals surface area contributed by atoms with E-state index in [2.05, 4.69) is 10.1 Å². The van der Waals surface area contributed by atoms with E-state index in [4.69, 9.17) is 9.21 Å². The normalized spacial score (nSPS) is 11.3. The maximum Gasteiger partial charge on any atom is 0.350 e. The summed E-state index contributed by atoms with van der Waals surface area (Å²) >= 11 is 0. The Morgan fingerprint density at radius 2 is 2.12 bits per heavy atom.